The predicted octanol–water partition coefficient (Wildman–Crippen LogP) is 10.2. The van der Waals surface area contributed by atoms with Crippen LogP contribution in [0.2, 0.25) is 0 Å². The Kier molecular flexibility index (Phi) is 19.4. The molecule has 2 saturated carbocycles. The molecule has 264 valence electrons. The van der Waals surface area contributed by atoms with Crippen LogP contribution in [-0.2, 0) is 6.61 Å². The highest BCUT2D eigenvalue weighted by Gasteiger charge is 2.16. The number of aromatic nitrogens is 3. The van der Waals surface area contributed by atoms with Crippen LogP contribution in [0.4, 0.5) is 0 Å². The Morgan fingerprint density at radius 3 is 1.69 bits per heavy atom. The molecule has 3 unspecified atom stereocenters. The van der Waals surface area contributed by atoms with E-state index < -0.39 is 0 Å². The van der Waals surface area contributed by atoms with Crippen molar-refractivity contribution in [3.8, 4) is 5.88 Å². The lowest BCUT2D eigenvalue weighted by Gasteiger charge is -2.21. The molecule has 0 radical (unpaired) electrons. The lowest BCUT2D eigenvalue weighted by molar-refractivity contribution is 0.294. The highest BCUT2D eigenvalue weighted by molar-refractivity contribution is 7.92. The molecule has 2 fully saturated rings. The summed E-state index contributed by atoms with van der Waals surface area (Å²) in [6.45, 7) is 0.565. The minimum Gasteiger partial charge on any atom is -0.473 e. The van der Waals surface area contributed by atoms with Crippen molar-refractivity contribution in [1.29, 1.82) is 0 Å². The summed E-state index contributed by atoms with van der Waals surface area (Å²) in [4.78, 5) is 31.6. The van der Waals surface area contributed by atoms with Gasteiger partial charge in [-0.25, -0.2) is 4.98 Å². The van der Waals surface area contributed by atoms with Crippen LogP contribution in [0.1, 0.15) is 124 Å². The molecule has 49 heavy (non-hydrogen) atoms. The highest BCUT2D eigenvalue weighted by atomic mass is 32.0. The second-order valence-corrected chi connectivity index (χ2v) is 12.8. The molecular weight excluding hydrogens is 663 g/mol. The van der Waals surface area contributed by atoms with Gasteiger partial charge in [0.2, 0.25) is 17.0 Å². The zero-order valence-corrected chi connectivity index (χ0v) is 32.7. The molecule has 3 aromatic heterocycles. The predicted molar refractivity (Wildman–Crippen MR) is 218 cm³/mol. The van der Waals surface area contributed by atoms with Crippen LogP contribution in [0.5, 0.6) is 5.88 Å². The zero-order chi connectivity index (χ0) is 33.8. The molecule has 0 amide bonds. The van der Waals surface area contributed by atoms with E-state index in [1.54, 1.807) is 12.1 Å². The quantitative estimate of drug-likeness (QED) is 0.194. The SMILES string of the molecule is C1=C(c2ccc(OCc3ccccc3)nc2)CCCC1.O=c1ccc(C2CCCCC2)c[nH]1.O=c1ccc(C2CCCCC2)c[nH]1.P.PP. The maximum absolute atomic E-state index is 10.8. The summed E-state index contributed by atoms with van der Waals surface area (Å²) >= 11 is 0. The van der Waals surface area contributed by atoms with Gasteiger partial charge in [0.05, 0.1) is 0 Å². The number of pyridine rings is 3. The molecule has 7 rings (SSSR count). The Morgan fingerprint density at radius 1 is 0.673 bits per heavy atom. The highest BCUT2D eigenvalue weighted by Crippen LogP contribution is 2.32. The number of rotatable bonds is 6. The third kappa shape index (κ3) is 14.5. The topological polar surface area (TPSA) is 87.8 Å². The molecule has 1 aromatic carbocycles. The van der Waals surface area contributed by atoms with Crippen LogP contribution in [0, 0.1) is 0 Å². The van der Waals surface area contributed by atoms with Gasteiger partial charge in [-0.3, -0.25) is 9.59 Å². The summed E-state index contributed by atoms with van der Waals surface area (Å²) in [5.41, 5.74) is 6.43. The normalized spacial score (nSPS) is 16.1. The third-order valence-electron chi connectivity index (χ3n) is 9.40. The standard InChI is InChI=1S/C18H19NO.2C11H15NO.H4P2.H3P/c1-3-7-15(8-4-1)14-20-18-12-11-17(13-19-18)16-9-5-2-6-10-16;2*13-11-7-6-10(8-12-11)9-4-2-1-3-5-9;1-2;/h1,3-4,7-9,11-13H,2,5-6,10,14H2;2*6-9H,1-5H2,(H,12,13);1-2H2;1H3. The fourth-order valence-corrected chi connectivity index (χ4v) is 6.71. The van der Waals surface area contributed by atoms with Crippen LogP contribution in [0.3, 0.4) is 0 Å². The fraction of sp³-hybridized carbons (Fsp3) is 0.425. The smallest absolute Gasteiger partial charge is 0.247 e. The molecule has 3 heterocycles. The first-order chi connectivity index (χ1) is 23.6. The zero-order valence-electron chi connectivity index (χ0n) is 29.0. The third-order valence-corrected chi connectivity index (χ3v) is 9.40. The van der Waals surface area contributed by atoms with Crippen molar-refractivity contribution in [3.05, 3.63) is 134 Å². The van der Waals surface area contributed by atoms with Gasteiger partial charge in [-0.1, -0.05) is 87.1 Å². The second-order valence-electron chi connectivity index (χ2n) is 12.8. The summed E-state index contributed by atoms with van der Waals surface area (Å²) in [5, 5.41) is 0. The first-order valence-electron chi connectivity index (χ1n) is 17.7. The van der Waals surface area contributed by atoms with Gasteiger partial charge < -0.3 is 14.7 Å². The van der Waals surface area contributed by atoms with E-state index in [9.17, 15) is 9.59 Å². The molecule has 2 N–H and O–H groups in total. The Balaban J connectivity index is 0.000000199. The number of allylic oxidation sites excluding steroid dienone is 2. The minimum atomic E-state index is -0.000408. The summed E-state index contributed by atoms with van der Waals surface area (Å²) in [6, 6.07) is 21.4. The van der Waals surface area contributed by atoms with Crippen LogP contribution >= 0.6 is 27.8 Å². The monoisotopic (exact) mass is 719 g/mol. The summed E-state index contributed by atoms with van der Waals surface area (Å²) in [5.74, 6) is 2.06. The number of nitrogens with zero attached hydrogens (tertiary/aromatic N) is 1. The molecule has 0 aliphatic heterocycles. The lowest BCUT2D eigenvalue weighted by atomic mass is 9.85. The number of aromatic amines is 2. The average molecular weight is 720 g/mol. The fourth-order valence-electron chi connectivity index (χ4n) is 6.71. The molecule has 0 saturated heterocycles. The van der Waals surface area contributed by atoms with Crippen molar-refractivity contribution < 1.29 is 4.74 Å². The van der Waals surface area contributed by atoms with E-state index in [0.717, 1.165) is 5.56 Å². The number of ether oxygens (including phenoxy) is 1. The number of H-pyrrole nitrogens is 2. The largest absolute Gasteiger partial charge is 0.473 e. The molecule has 3 aliphatic rings. The molecule has 4 aromatic rings. The van der Waals surface area contributed by atoms with E-state index >= 15 is 0 Å². The van der Waals surface area contributed by atoms with Crippen molar-refractivity contribution in [1.82, 2.24) is 15.0 Å². The van der Waals surface area contributed by atoms with Crippen LogP contribution in [0.15, 0.2) is 101 Å². The Labute approximate surface area is 300 Å². The van der Waals surface area contributed by atoms with Gasteiger partial charge in [-0.15, -0.1) is 17.9 Å². The molecule has 3 atom stereocenters. The minimum absolute atomic E-state index is 0. The first kappa shape index (κ1) is 40.5. The van der Waals surface area contributed by atoms with Gasteiger partial charge in [0.1, 0.15) is 6.61 Å². The van der Waals surface area contributed by atoms with Gasteiger partial charge in [-0.05, 0) is 97.1 Å². The van der Waals surface area contributed by atoms with E-state index in [4.69, 9.17) is 4.74 Å². The van der Waals surface area contributed by atoms with Gasteiger partial charge in [0.25, 0.3) is 0 Å². The maximum Gasteiger partial charge on any atom is 0.247 e. The van der Waals surface area contributed by atoms with Crippen molar-refractivity contribution >= 4 is 33.3 Å². The van der Waals surface area contributed by atoms with Gasteiger partial charge in [0.15, 0.2) is 0 Å². The van der Waals surface area contributed by atoms with Crippen LogP contribution in [-0.4, -0.2) is 15.0 Å². The van der Waals surface area contributed by atoms with Crippen molar-refractivity contribution in [2.24, 2.45) is 0 Å². The van der Waals surface area contributed by atoms with Gasteiger partial charge in [-0.2, -0.15) is 9.90 Å². The van der Waals surface area contributed by atoms with E-state index in [0.29, 0.717) is 24.3 Å². The first-order valence-corrected chi connectivity index (χ1v) is 20.3. The second kappa shape index (κ2) is 23.5. The molecule has 0 spiro atoms. The van der Waals surface area contributed by atoms with E-state index in [1.165, 1.54) is 112 Å². The van der Waals surface area contributed by atoms with Crippen LogP contribution in [0.25, 0.3) is 5.57 Å². The van der Waals surface area contributed by atoms with E-state index in [-0.39, 0.29) is 21.0 Å². The number of nitrogens with one attached hydrogen (secondary N) is 2. The van der Waals surface area contributed by atoms with Gasteiger partial charge in [0, 0.05) is 36.8 Å². The number of hydrogen-bond donors (Lipinski definition) is 2. The van der Waals surface area contributed by atoms with Crippen molar-refractivity contribution in [3.63, 3.8) is 0 Å². The molecule has 0 bridgehead atoms. The molecular formula is C40H56N3O3P3. The summed E-state index contributed by atoms with van der Waals surface area (Å²) in [6.07, 6.45) is 26.2. The summed E-state index contributed by atoms with van der Waals surface area (Å²) < 4.78 is 5.70. The number of hydrogen-bond acceptors (Lipinski definition) is 4. The number of benzene rings is 1. The van der Waals surface area contributed by atoms with E-state index in [1.807, 2.05) is 55.0 Å². The van der Waals surface area contributed by atoms with E-state index in [2.05, 4.69) is 57.1 Å². The molecule has 9 heteroatoms. The summed E-state index contributed by atoms with van der Waals surface area (Å²) in [7, 11) is 4.67. The lowest BCUT2D eigenvalue weighted by Crippen LogP contribution is -2.08. The molecule has 6 nitrogen and oxygen atoms in total. The Morgan fingerprint density at radius 2 is 1.24 bits per heavy atom. The average Bonchev–Trinajstić information content (AvgIpc) is 3.18. The Hall–Kier alpha value is -2.90. The maximum atomic E-state index is 10.8. The molecule has 3 aliphatic carbocycles. The Bertz CT molecular complexity index is 1500. The van der Waals surface area contributed by atoms with Crippen molar-refractivity contribution in [2.75, 3.05) is 0 Å². The van der Waals surface area contributed by atoms with Crippen molar-refractivity contribution in [2.45, 2.75) is 108 Å². The van der Waals surface area contributed by atoms with Gasteiger partial charge >= 0.3 is 0 Å². The van der Waals surface area contributed by atoms with Crippen LogP contribution < -0.4 is 15.9 Å².